The molecule has 0 aliphatic carbocycles. The smallest absolute Gasteiger partial charge is 0.143 e. The van der Waals surface area contributed by atoms with Gasteiger partial charge >= 0.3 is 0 Å². The van der Waals surface area contributed by atoms with Gasteiger partial charge in [-0.05, 0) is 114 Å². The molecule has 0 unspecified atom stereocenters. The van der Waals surface area contributed by atoms with Gasteiger partial charge in [-0.1, -0.05) is 133 Å². The van der Waals surface area contributed by atoms with Gasteiger partial charge in [0.05, 0.1) is 0 Å². The number of hydrogen-bond donors (Lipinski definition) is 0. The molecule has 10 aromatic carbocycles. The summed E-state index contributed by atoms with van der Waals surface area (Å²) in [5.41, 5.74) is 10.6. The summed E-state index contributed by atoms with van der Waals surface area (Å²) < 4.78 is 13.5. The van der Waals surface area contributed by atoms with Gasteiger partial charge in [0, 0.05) is 32.3 Å². The highest BCUT2D eigenvalue weighted by molar-refractivity contribution is 6.21. The Labute approximate surface area is 310 Å². The van der Waals surface area contributed by atoms with Crippen molar-refractivity contribution in [3.05, 3.63) is 182 Å². The van der Waals surface area contributed by atoms with Crippen LogP contribution in [0.3, 0.4) is 0 Å². The van der Waals surface area contributed by atoms with Gasteiger partial charge in [0.25, 0.3) is 0 Å². The molecule has 0 aliphatic heterocycles. The molecule has 2 heteroatoms. The first kappa shape index (κ1) is 29.4. The zero-order valence-electron chi connectivity index (χ0n) is 29.1. The molecule has 2 nitrogen and oxygen atoms in total. The molecule has 0 aliphatic rings. The quantitative estimate of drug-likeness (QED) is 0.185. The van der Waals surface area contributed by atoms with E-state index in [2.05, 4.69) is 182 Å². The van der Waals surface area contributed by atoms with Crippen LogP contribution in [0.4, 0.5) is 0 Å². The van der Waals surface area contributed by atoms with E-state index in [1.54, 1.807) is 0 Å². The van der Waals surface area contributed by atoms with Crippen LogP contribution in [-0.2, 0) is 0 Å². The SMILES string of the molecule is c1ccc2cc(-c3cc4c5ccc(-c6ccc7c(c6)oc6c8ccccc8c(-c8ccc9ccccc9c8)cc76)cc5oc4c4ccccc34)ccc2c1. The van der Waals surface area contributed by atoms with Gasteiger partial charge < -0.3 is 8.83 Å². The van der Waals surface area contributed by atoms with Gasteiger partial charge in [-0.15, -0.1) is 0 Å². The molecule has 0 saturated heterocycles. The summed E-state index contributed by atoms with van der Waals surface area (Å²) in [6.07, 6.45) is 0. The Morgan fingerprint density at radius 1 is 0.241 bits per heavy atom. The molecule has 12 rings (SSSR count). The summed E-state index contributed by atoms with van der Waals surface area (Å²) in [6.45, 7) is 0. The van der Waals surface area contributed by atoms with Crippen molar-refractivity contribution in [2.75, 3.05) is 0 Å². The normalized spacial score (nSPS) is 12.1. The molecule has 0 saturated carbocycles. The average Bonchev–Trinajstić information content (AvgIpc) is 3.80. The van der Waals surface area contributed by atoms with Crippen LogP contribution in [0.25, 0.3) is 120 Å². The van der Waals surface area contributed by atoms with E-state index in [1.807, 2.05) is 0 Å². The molecule has 2 aromatic heterocycles. The highest BCUT2D eigenvalue weighted by atomic mass is 16.3. The lowest BCUT2D eigenvalue weighted by Gasteiger charge is -2.09. The van der Waals surface area contributed by atoms with Crippen molar-refractivity contribution in [3.63, 3.8) is 0 Å². The summed E-state index contributed by atoms with van der Waals surface area (Å²) >= 11 is 0. The fourth-order valence-corrected chi connectivity index (χ4v) is 8.75. The van der Waals surface area contributed by atoms with Crippen molar-refractivity contribution < 1.29 is 8.83 Å². The van der Waals surface area contributed by atoms with Crippen LogP contribution in [0, 0.1) is 0 Å². The topological polar surface area (TPSA) is 26.3 Å². The zero-order chi connectivity index (χ0) is 35.3. The van der Waals surface area contributed by atoms with Gasteiger partial charge in [0.2, 0.25) is 0 Å². The summed E-state index contributed by atoms with van der Waals surface area (Å²) in [5.74, 6) is 0. The number of hydrogen-bond acceptors (Lipinski definition) is 2. The van der Waals surface area contributed by atoms with Crippen LogP contribution in [0.2, 0.25) is 0 Å². The molecule has 12 aromatic rings. The molecule has 54 heavy (non-hydrogen) atoms. The Kier molecular flexibility index (Phi) is 6.09. The van der Waals surface area contributed by atoms with Crippen LogP contribution in [0.5, 0.6) is 0 Å². The molecular formula is C52H30O2. The number of benzene rings is 10. The van der Waals surface area contributed by atoms with Gasteiger partial charge in [0.1, 0.15) is 22.3 Å². The van der Waals surface area contributed by atoms with E-state index >= 15 is 0 Å². The minimum absolute atomic E-state index is 0.874. The highest BCUT2D eigenvalue weighted by Crippen LogP contribution is 2.44. The summed E-state index contributed by atoms with van der Waals surface area (Å²) in [6, 6.07) is 65.6. The number of furan rings is 2. The number of rotatable bonds is 3. The molecule has 0 atom stereocenters. The fourth-order valence-electron chi connectivity index (χ4n) is 8.75. The maximum atomic E-state index is 6.73. The molecule has 2 heterocycles. The summed E-state index contributed by atoms with van der Waals surface area (Å²) in [7, 11) is 0. The maximum absolute atomic E-state index is 6.73. The average molecular weight is 687 g/mol. The lowest BCUT2D eigenvalue weighted by Crippen LogP contribution is -1.84. The third-order valence-corrected chi connectivity index (χ3v) is 11.4. The van der Waals surface area contributed by atoms with Crippen LogP contribution in [0.15, 0.2) is 191 Å². The third kappa shape index (κ3) is 4.34. The first-order chi connectivity index (χ1) is 26.7. The van der Waals surface area contributed by atoms with Crippen LogP contribution in [0.1, 0.15) is 0 Å². The first-order valence-corrected chi connectivity index (χ1v) is 18.5. The van der Waals surface area contributed by atoms with E-state index in [9.17, 15) is 0 Å². The zero-order valence-corrected chi connectivity index (χ0v) is 29.1. The van der Waals surface area contributed by atoms with E-state index in [-0.39, 0.29) is 0 Å². The summed E-state index contributed by atoms with van der Waals surface area (Å²) in [4.78, 5) is 0. The minimum atomic E-state index is 0.874. The van der Waals surface area contributed by atoms with Crippen molar-refractivity contribution in [3.8, 4) is 33.4 Å². The van der Waals surface area contributed by atoms with Gasteiger partial charge in [-0.3, -0.25) is 0 Å². The molecule has 0 amide bonds. The van der Waals surface area contributed by atoms with Crippen LogP contribution in [-0.4, -0.2) is 0 Å². The minimum Gasteiger partial charge on any atom is -0.455 e. The van der Waals surface area contributed by atoms with Gasteiger partial charge in [-0.25, -0.2) is 0 Å². The maximum Gasteiger partial charge on any atom is 0.143 e. The predicted molar refractivity (Wildman–Crippen MR) is 227 cm³/mol. The van der Waals surface area contributed by atoms with E-state index < -0.39 is 0 Å². The second-order valence-corrected chi connectivity index (χ2v) is 14.4. The number of fused-ring (bicyclic) bond motifs is 12. The highest BCUT2D eigenvalue weighted by Gasteiger charge is 2.18. The second kappa shape index (κ2) is 11.2. The van der Waals surface area contributed by atoms with Crippen molar-refractivity contribution in [2.24, 2.45) is 0 Å². The Morgan fingerprint density at radius 2 is 0.630 bits per heavy atom. The third-order valence-electron chi connectivity index (χ3n) is 11.4. The molecule has 250 valence electrons. The van der Waals surface area contributed by atoms with Crippen LogP contribution < -0.4 is 0 Å². The lowest BCUT2D eigenvalue weighted by molar-refractivity contribution is 0.672. The van der Waals surface area contributed by atoms with Crippen LogP contribution >= 0.6 is 0 Å². The Bertz CT molecular complexity index is 3270. The Balaban J connectivity index is 1.00. The lowest BCUT2D eigenvalue weighted by atomic mass is 9.93. The largest absolute Gasteiger partial charge is 0.455 e. The molecule has 0 N–H and O–H groups in total. The van der Waals surface area contributed by atoms with E-state index in [1.165, 1.54) is 54.6 Å². The van der Waals surface area contributed by atoms with Crippen molar-refractivity contribution in [1.29, 1.82) is 0 Å². The second-order valence-electron chi connectivity index (χ2n) is 14.4. The molecule has 0 fully saturated rings. The monoisotopic (exact) mass is 686 g/mol. The standard InChI is InChI=1S/C52H30O2/c1-3-11-33-25-37(19-17-31(33)9-1)45-29-47-41-23-21-35(27-49(41)53-51(47)43-15-7-5-13-39(43)45)36-22-24-42-48-30-46(38-20-18-32-10-2-4-12-34(32)26-38)40-14-6-8-16-44(40)52(48)54-50(42)28-36/h1-30H. The predicted octanol–water partition coefficient (Wildman–Crippen LogP) is 15.1. The van der Waals surface area contributed by atoms with Gasteiger partial charge in [-0.2, -0.15) is 0 Å². The Morgan fingerprint density at radius 3 is 1.09 bits per heavy atom. The molecule has 0 bridgehead atoms. The first-order valence-electron chi connectivity index (χ1n) is 18.5. The van der Waals surface area contributed by atoms with Crippen molar-refractivity contribution in [2.45, 2.75) is 0 Å². The van der Waals surface area contributed by atoms with E-state index in [4.69, 9.17) is 8.83 Å². The Hall–Kier alpha value is -7.16. The summed E-state index contributed by atoms with van der Waals surface area (Å²) in [5, 5.41) is 14.0. The van der Waals surface area contributed by atoms with Gasteiger partial charge in [0.15, 0.2) is 0 Å². The molecule has 0 spiro atoms. The van der Waals surface area contributed by atoms with Crippen molar-refractivity contribution in [1.82, 2.24) is 0 Å². The van der Waals surface area contributed by atoms with E-state index in [0.717, 1.165) is 65.8 Å². The molecule has 0 radical (unpaired) electrons. The van der Waals surface area contributed by atoms with Crippen molar-refractivity contribution >= 4 is 87.0 Å². The fraction of sp³-hybridized carbons (Fsp3) is 0. The van der Waals surface area contributed by atoms with E-state index in [0.29, 0.717) is 0 Å². The molecular weight excluding hydrogens is 657 g/mol.